The summed E-state index contributed by atoms with van der Waals surface area (Å²) in [5.74, 6) is 0.588. The Morgan fingerprint density at radius 3 is 2.75 bits per heavy atom. The molecule has 0 radical (unpaired) electrons. The summed E-state index contributed by atoms with van der Waals surface area (Å²) < 4.78 is 34.6. The highest BCUT2D eigenvalue weighted by Crippen LogP contribution is 2.36. The first-order valence-electron chi connectivity index (χ1n) is 9.06. The predicted molar refractivity (Wildman–Crippen MR) is 109 cm³/mol. The fourth-order valence-electron chi connectivity index (χ4n) is 3.69. The number of methoxy groups -OCH3 is 1. The van der Waals surface area contributed by atoms with E-state index in [9.17, 15) is 13.2 Å². The Balaban J connectivity index is 1.55. The molecule has 0 aliphatic carbocycles. The van der Waals surface area contributed by atoms with Crippen LogP contribution in [0.15, 0.2) is 40.8 Å². The van der Waals surface area contributed by atoms with Crippen LogP contribution in [0.5, 0.6) is 5.75 Å². The molecule has 2 heterocycles. The number of sulfone groups is 1. The largest absolute Gasteiger partial charge is 0.495 e. The van der Waals surface area contributed by atoms with Crippen molar-refractivity contribution in [3.63, 3.8) is 0 Å². The lowest BCUT2D eigenvalue weighted by atomic mass is 10.1. The highest BCUT2D eigenvalue weighted by Gasteiger charge is 2.31. The molecule has 1 amide bonds. The van der Waals surface area contributed by atoms with Crippen molar-refractivity contribution in [2.24, 2.45) is 0 Å². The van der Waals surface area contributed by atoms with Crippen molar-refractivity contribution >= 4 is 43.4 Å². The number of anilines is 1. The van der Waals surface area contributed by atoms with Crippen molar-refractivity contribution in [2.45, 2.75) is 12.5 Å². The van der Waals surface area contributed by atoms with E-state index >= 15 is 0 Å². The van der Waals surface area contributed by atoms with Crippen LogP contribution in [-0.4, -0.2) is 57.5 Å². The van der Waals surface area contributed by atoms with Gasteiger partial charge in [0.15, 0.2) is 9.84 Å². The van der Waals surface area contributed by atoms with E-state index in [1.54, 1.807) is 25.1 Å². The standard InChI is InChI=1S/C20H22N2O5S/c1-22(13-7-8-28(24,25)12-13)11-20(23)21-16-10-18-15(9-19(16)26-2)14-5-3-4-6-17(14)27-18/h3-6,9-10,13H,7-8,11-12H2,1-2H3,(H,21,23)/t13-/m0/s1. The van der Waals surface area contributed by atoms with Crippen LogP contribution in [0.2, 0.25) is 0 Å². The summed E-state index contributed by atoms with van der Waals surface area (Å²) in [7, 11) is 0.330. The molecule has 148 valence electrons. The maximum absolute atomic E-state index is 12.5. The minimum absolute atomic E-state index is 0.0987. The molecule has 3 aromatic rings. The Hall–Kier alpha value is -2.58. The van der Waals surface area contributed by atoms with Gasteiger partial charge in [0.1, 0.15) is 16.9 Å². The lowest BCUT2D eigenvalue weighted by molar-refractivity contribution is -0.117. The van der Waals surface area contributed by atoms with Gasteiger partial charge in [0.25, 0.3) is 0 Å². The van der Waals surface area contributed by atoms with Gasteiger partial charge in [-0.15, -0.1) is 0 Å². The number of nitrogens with one attached hydrogen (secondary N) is 1. The zero-order chi connectivity index (χ0) is 19.9. The summed E-state index contributed by atoms with van der Waals surface area (Å²) in [5, 5.41) is 4.76. The first kappa shape index (κ1) is 18.8. The number of carbonyl (C=O) groups is 1. The number of para-hydroxylation sites is 1. The molecule has 1 saturated heterocycles. The van der Waals surface area contributed by atoms with Gasteiger partial charge in [0, 0.05) is 22.9 Å². The molecule has 28 heavy (non-hydrogen) atoms. The quantitative estimate of drug-likeness (QED) is 0.706. The van der Waals surface area contributed by atoms with Crippen molar-refractivity contribution in [1.82, 2.24) is 4.90 Å². The van der Waals surface area contributed by atoms with E-state index in [-0.39, 0.29) is 30.0 Å². The van der Waals surface area contributed by atoms with Gasteiger partial charge in [-0.1, -0.05) is 18.2 Å². The summed E-state index contributed by atoms with van der Waals surface area (Å²) in [5.41, 5.74) is 1.95. The molecule has 1 N–H and O–H groups in total. The predicted octanol–water partition coefficient (Wildman–Crippen LogP) is 2.65. The fourth-order valence-corrected chi connectivity index (χ4v) is 5.49. The van der Waals surface area contributed by atoms with Gasteiger partial charge in [-0.3, -0.25) is 9.69 Å². The van der Waals surface area contributed by atoms with Gasteiger partial charge >= 0.3 is 0 Å². The molecule has 1 aromatic heterocycles. The molecule has 1 fully saturated rings. The van der Waals surface area contributed by atoms with Crippen LogP contribution < -0.4 is 10.1 Å². The Morgan fingerprint density at radius 2 is 2.04 bits per heavy atom. The van der Waals surface area contributed by atoms with E-state index in [1.165, 1.54) is 0 Å². The average Bonchev–Trinajstić information content (AvgIpc) is 3.20. The lowest BCUT2D eigenvalue weighted by Gasteiger charge is -2.22. The second-order valence-corrected chi connectivity index (χ2v) is 9.40. The van der Waals surface area contributed by atoms with Crippen LogP contribution >= 0.6 is 0 Å². The number of nitrogens with zero attached hydrogens (tertiary/aromatic N) is 1. The third kappa shape index (κ3) is 3.57. The van der Waals surface area contributed by atoms with E-state index in [1.807, 2.05) is 30.3 Å². The van der Waals surface area contributed by atoms with E-state index in [2.05, 4.69) is 5.32 Å². The fraction of sp³-hybridized carbons (Fsp3) is 0.350. The van der Waals surface area contributed by atoms with Crippen LogP contribution in [0.3, 0.4) is 0 Å². The smallest absolute Gasteiger partial charge is 0.238 e. The SMILES string of the molecule is COc1cc2c(cc1NC(=O)CN(C)[C@H]1CCS(=O)(=O)C1)oc1ccccc12. The van der Waals surface area contributed by atoms with Gasteiger partial charge in [-0.25, -0.2) is 8.42 Å². The molecule has 0 spiro atoms. The summed E-state index contributed by atoms with van der Waals surface area (Å²) in [6.45, 7) is 0.0987. The van der Waals surface area contributed by atoms with Crippen molar-refractivity contribution in [3.8, 4) is 5.75 Å². The topological polar surface area (TPSA) is 88.9 Å². The Kier molecular flexibility index (Phi) is 4.76. The minimum Gasteiger partial charge on any atom is -0.495 e. The van der Waals surface area contributed by atoms with Crippen LogP contribution in [0.1, 0.15) is 6.42 Å². The molecular weight excluding hydrogens is 380 g/mol. The molecule has 7 nitrogen and oxygen atoms in total. The number of ether oxygens (including phenoxy) is 1. The molecular formula is C20H22N2O5S. The molecule has 0 unspecified atom stereocenters. The Morgan fingerprint density at radius 1 is 1.25 bits per heavy atom. The number of rotatable bonds is 5. The second kappa shape index (κ2) is 7.10. The zero-order valence-corrected chi connectivity index (χ0v) is 16.6. The number of furan rings is 1. The van der Waals surface area contributed by atoms with Crippen LogP contribution in [0.25, 0.3) is 21.9 Å². The van der Waals surface area contributed by atoms with E-state index < -0.39 is 9.84 Å². The summed E-state index contributed by atoms with van der Waals surface area (Å²) in [4.78, 5) is 14.3. The van der Waals surface area contributed by atoms with Crippen LogP contribution in [-0.2, 0) is 14.6 Å². The van der Waals surface area contributed by atoms with Crippen molar-refractivity contribution in [2.75, 3.05) is 37.5 Å². The molecule has 2 aromatic carbocycles. The first-order chi connectivity index (χ1) is 13.4. The maximum Gasteiger partial charge on any atom is 0.238 e. The Labute approximate surface area is 163 Å². The number of hydrogen-bond acceptors (Lipinski definition) is 6. The normalized spacial score (nSPS) is 18.8. The number of likely N-dealkylation sites (N-methyl/N-ethyl adjacent to an activating group) is 1. The van der Waals surface area contributed by atoms with E-state index in [4.69, 9.17) is 9.15 Å². The van der Waals surface area contributed by atoms with Crippen LogP contribution in [0.4, 0.5) is 5.69 Å². The van der Waals surface area contributed by atoms with Crippen LogP contribution in [0, 0.1) is 0 Å². The summed E-state index contributed by atoms with van der Waals surface area (Å²) >= 11 is 0. The summed E-state index contributed by atoms with van der Waals surface area (Å²) in [6, 6.07) is 11.2. The molecule has 4 rings (SSSR count). The number of hydrogen-bond donors (Lipinski definition) is 1. The van der Waals surface area contributed by atoms with E-state index in [0.717, 1.165) is 16.4 Å². The number of amides is 1. The molecule has 1 aliphatic rings. The zero-order valence-electron chi connectivity index (χ0n) is 15.8. The second-order valence-electron chi connectivity index (χ2n) is 7.17. The van der Waals surface area contributed by atoms with Crippen molar-refractivity contribution in [1.29, 1.82) is 0 Å². The summed E-state index contributed by atoms with van der Waals surface area (Å²) in [6.07, 6.45) is 0.556. The first-order valence-corrected chi connectivity index (χ1v) is 10.9. The van der Waals surface area contributed by atoms with Gasteiger partial charge < -0.3 is 14.5 Å². The highest BCUT2D eigenvalue weighted by atomic mass is 32.2. The van der Waals surface area contributed by atoms with Gasteiger partial charge in [-0.2, -0.15) is 0 Å². The molecule has 0 bridgehead atoms. The molecule has 1 aliphatic heterocycles. The number of fused-ring (bicyclic) bond motifs is 3. The minimum atomic E-state index is -2.99. The van der Waals surface area contributed by atoms with Crippen molar-refractivity contribution < 1.29 is 22.4 Å². The average molecular weight is 402 g/mol. The molecule has 8 heteroatoms. The third-order valence-electron chi connectivity index (χ3n) is 5.20. The van der Waals surface area contributed by atoms with Gasteiger partial charge in [0.05, 0.1) is 30.8 Å². The molecule has 1 atom stereocenters. The van der Waals surface area contributed by atoms with Gasteiger partial charge in [0.2, 0.25) is 5.91 Å². The lowest BCUT2D eigenvalue weighted by Crippen LogP contribution is -2.38. The maximum atomic E-state index is 12.5. The number of benzene rings is 2. The third-order valence-corrected chi connectivity index (χ3v) is 6.95. The molecule has 0 saturated carbocycles. The highest BCUT2D eigenvalue weighted by molar-refractivity contribution is 7.91. The van der Waals surface area contributed by atoms with Crippen molar-refractivity contribution in [3.05, 3.63) is 36.4 Å². The van der Waals surface area contributed by atoms with Gasteiger partial charge in [-0.05, 0) is 25.6 Å². The Bertz CT molecular complexity index is 1150. The van der Waals surface area contributed by atoms with E-state index in [0.29, 0.717) is 23.4 Å². The monoisotopic (exact) mass is 402 g/mol. The number of carbonyl (C=O) groups excluding carboxylic acids is 1.